The van der Waals surface area contributed by atoms with Crippen LogP contribution in [0.2, 0.25) is 0 Å². The summed E-state index contributed by atoms with van der Waals surface area (Å²) in [4.78, 5) is 23.4. The lowest BCUT2D eigenvalue weighted by Crippen LogP contribution is -2.46. The summed E-state index contributed by atoms with van der Waals surface area (Å²) in [6.07, 6.45) is 14.3. The quantitative estimate of drug-likeness (QED) is 0.931. The van der Waals surface area contributed by atoms with E-state index in [-0.39, 0.29) is 11.8 Å². The number of nitrogens with zero attached hydrogens (tertiary/aromatic N) is 3. The van der Waals surface area contributed by atoms with E-state index < -0.39 is 0 Å². The first-order valence-electron chi connectivity index (χ1n) is 9.15. The molecule has 1 aliphatic heterocycles. The predicted octanol–water partition coefficient (Wildman–Crippen LogP) is 2.92. The van der Waals surface area contributed by atoms with Gasteiger partial charge in [0.25, 0.3) is 0 Å². The predicted molar refractivity (Wildman–Crippen MR) is 91.2 cm³/mol. The summed E-state index contributed by atoms with van der Waals surface area (Å²) < 4.78 is 0. The molecule has 0 spiro atoms. The summed E-state index contributed by atoms with van der Waals surface area (Å²) in [6.45, 7) is 1.68. The van der Waals surface area contributed by atoms with Crippen LogP contribution in [0, 0.1) is 5.92 Å². The van der Waals surface area contributed by atoms with Crippen molar-refractivity contribution in [1.82, 2.24) is 15.3 Å². The van der Waals surface area contributed by atoms with Gasteiger partial charge in [-0.3, -0.25) is 4.79 Å². The van der Waals surface area contributed by atoms with E-state index in [1.807, 2.05) is 6.07 Å². The Kier molecular flexibility index (Phi) is 5.83. The molecular formula is C18H28N4O. The molecule has 126 valence electrons. The van der Waals surface area contributed by atoms with Gasteiger partial charge in [-0.15, -0.1) is 0 Å². The van der Waals surface area contributed by atoms with E-state index in [4.69, 9.17) is 0 Å². The van der Waals surface area contributed by atoms with E-state index in [0.29, 0.717) is 6.04 Å². The van der Waals surface area contributed by atoms with E-state index in [1.54, 1.807) is 12.4 Å². The Morgan fingerprint density at radius 3 is 2.43 bits per heavy atom. The molecule has 1 saturated carbocycles. The summed E-state index contributed by atoms with van der Waals surface area (Å²) >= 11 is 0. The lowest BCUT2D eigenvalue weighted by atomic mass is 9.94. The highest BCUT2D eigenvalue weighted by atomic mass is 16.2. The van der Waals surface area contributed by atoms with Crippen molar-refractivity contribution < 1.29 is 4.79 Å². The third kappa shape index (κ3) is 4.66. The Bertz CT molecular complexity index is 485. The van der Waals surface area contributed by atoms with Crippen LogP contribution < -0.4 is 10.2 Å². The van der Waals surface area contributed by atoms with Crippen LogP contribution >= 0.6 is 0 Å². The molecule has 0 bridgehead atoms. The molecule has 2 heterocycles. The fourth-order valence-electron chi connectivity index (χ4n) is 3.75. The minimum absolute atomic E-state index is 0.0676. The lowest BCUT2D eigenvalue weighted by molar-refractivity contribution is -0.126. The average molecular weight is 316 g/mol. The number of carbonyl (C=O) groups excluding carboxylic acids is 1. The topological polar surface area (TPSA) is 58.1 Å². The molecule has 0 unspecified atom stereocenters. The van der Waals surface area contributed by atoms with Gasteiger partial charge in [-0.1, -0.05) is 32.1 Å². The molecule has 0 radical (unpaired) electrons. The summed E-state index contributed by atoms with van der Waals surface area (Å²) in [5, 5.41) is 3.32. The number of amides is 1. The summed E-state index contributed by atoms with van der Waals surface area (Å²) in [5.74, 6) is 1.05. The third-order valence-corrected chi connectivity index (χ3v) is 5.08. The summed E-state index contributed by atoms with van der Waals surface area (Å²) in [5.41, 5.74) is 0. The van der Waals surface area contributed by atoms with Gasteiger partial charge in [0.15, 0.2) is 0 Å². The zero-order valence-electron chi connectivity index (χ0n) is 13.9. The number of nitrogens with one attached hydrogen (secondary N) is 1. The van der Waals surface area contributed by atoms with Crippen molar-refractivity contribution in [1.29, 1.82) is 0 Å². The smallest absolute Gasteiger partial charge is 0.225 e. The van der Waals surface area contributed by atoms with Gasteiger partial charge in [-0.05, 0) is 31.7 Å². The van der Waals surface area contributed by atoms with Crippen molar-refractivity contribution in [2.45, 2.75) is 63.8 Å². The molecule has 5 heteroatoms. The summed E-state index contributed by atoms with van der Waals surface area (Å²) in [7, 11) is 0. The molecule has 1 amide bonds. The first kappa shape index (κ1) is 16.2. The minimum Gasteiger partial charge on any atom is -0.353 e. The molecule has 1 aliphatic carbocycles. The average Bonchev–Trinajstić information content (AvgIpc) is 2.58. The molecule has 1 aromatic heterocycles. The second-order valence-corrected chi connectivity index (χ2v) is 6.88. The summed E-state index contributed by atoms with van der Waals surface area (Å²) in [6, 6.07) is 2.21. The Morgan fingerprint density at radius 2 is 1.70 bits per heavy atom. The van der Waals surface area contributed by atoms with Gasteiger partial charge >= 0.3 is 0 Å². The van der Waals surface area contributed by atoms with Crippen molar-refractivity contribution in [2.75, 3.05) is 18.0 Å². The molecular weight excluding hydrogens is 288 g/mol. The van der Waals surface area contributed by atoms with Crippen LogP contribution in [0.15, 0.2) is 18.5 Å². The molecule has 2 aliphatic rings. The minimum atomic E-state index is 0.0676. The first-order valence-corrected chi connectivity index (χ1v) is 9.15. The maximum atomic E-state index is 12.7. The highest BCUT2D eigenvalue weighted by Gasteiger charge is 2.28. The number of rotatable bonds is 3. The highest BCUT2D eigenvalue weighted by molar-refractivity contribution is 5.79. The molecule has 2 fully saturated rings. The van der Waals surface area contributed by atoms with Crippen LogP contribution in [0.5, 0.6) is 0 Å². The van der Waals surface area contributed by atoms with Crippen LogP contribution in [0.25, 0.3) is 0 Å². The fraction of sp³-hybridized carbons (Fsp3) is 0.722. The fourth-order valence-corrected chi connectivity index (χ4v) is 3.75. The van der Waals surface area contributed by atoms with Crippen molar-refractivity contribution in [3.63, 3.8) is 0 Å². The molecule has 1 N–H and O–H groups in total. The van der Waals surface area contributed by atoms with Crippen LogP contribution in [0.3, 0.4) is 0 Å². The van der Waals surface area contributed by atoms with Crippen LogP contribution in [-0.4, -0.2) is 35.0 Å². The van der Waals surface area contributed by atoms with Crippen LogP contribution in [-0.2, 0) is 4.79 Å². The molecule has 0 aromatic carbocycles. The number of hydrogen-bond donors (Lipinski definition) is 1. The zero-order chi connectivity index (χ0) is 15.9. The Labute approximate surface area is 138 Å². The molecule has 1 aromatic rings. The third-order valence-electron chi connectivity index (χ3n) is 5.08. The van der Waals surface area contributed by atoms with Crippen molar-refractivity contribution in [3.05, 3.63) is 18.5 Å². The van der Waals surface area contributed by atoms with Crippen molar-refractivity contribution >= 4 is 11.9 Å². The van der Waals surface area contributed by atoms with Crippen molar-refractivity contribution in [2.24, 2.45) is 5.92 Å². The Hall–Kier alpha value is -1.65. The zero-order valence-corrected chi connectivity index (χ0v) is 13.9. The van der Waals surface area contributed by atoms with Crippen molar-refractivity contribution in [3.8, 4) is 0 Å². The van der Waals surface area contributed by atoms with Crippen LogP contribution in [0.4, 0.5) is 5.95 Å². The van der Waals surface area contributed by atoms with Gasteiger partial charge in [0.05, 0.1) is 5.92 Å². The standard InChI is InChI=1S/C18H28N4O/c23-17(21-16-9-4-2-1-3-5-10-16)15-8-6-13-22(14-15)18-19-11-7-12-20-18/h7,11-12,15-16H,1-6,8-10,13-14H2,(H,21,23)/t15-/m0/s1. The van der Waals surface area contributed by atoms with Crippen LogP contribution in [0.1, 0.15) is 57.8 Å². The van der Waals surface area contributed by atoms with Gasteiger partial charge < -0.3 is 10.2 Å². The number of hydrogen-bond acceptors (Lipinski definition) is 4. The molecule has 1 atom stereocenters. The molecule has 1 saturated heterocycles. The van der Waals surface area contributed by atoms with E-state index in [0.717, 1.165) is 44.7 Å². The number of carbonyl (C=O) groups is 1. The van der Waals surface area contributed by atoms with E-state index in [2.05, 4.69) is 20.2 Å². The maximum Gasteiger partial charge on any atom is 0.225 e. The number of anilines is 1. The Balaban J connectivity index is 1.54. The van der Waals surface area contributed by atoms with Gasteiger partial charge in [0.2, 0.25) is 11.9 Å². The number of piperidine rings is 1. The lowest BCUT2D eigenvalue weighted by Gasteiger charge is -2.33. The van der Waals surface area contributed by atoms with E-state index in [1.165, 1.54) is 32.1 Å². The molecule has 5 nitrogen and oxygen atoms in total. The maximum absolute atomic E-state index is 12.7. The van der Waals surface area contributed by atoms with E-state index in [9.17, 15) is 4.79 Å². The van der Waals surface area contributed by atoms with Gasteiger partial charge in [-0.2, -0.15) is 0 Å². The van der Waals surface area contributed by atoms with E-state index >= 15 is 0 Å². The molecule has 3 rings (SSSR count). The van der Waals surface area contributed by atoms with Gasteiger partial charge in [-0.25, -0.2) is 9.97 Å². The largest absolute Gasteiger partial charge is 0.353 e. The SMILES string of the molecule is O=C(NC1CCCCCCC1)[C@H]1CCCN(c2ncccn2)C1. The molecule has 23 heavy (non-hydrogen) atoms. The monoisotopic (exact) mass is 316 g/mol. The highest BCUT2D eigenvalue weighted by Crippen LogP contribution is 2.22. The Morgan fingerprint density at radius 1 is 1.00 bits per heavy atom. The second-order valence-electron chi connectivity index (χ2n) is 6.88. The van der Waals surface area contributed by atoms with Gasteiger partial charge in [0.1, 0.15) is 0 Å². The van der Waals surface area contributed by atoms with Gasteiger partial charge in [0, 0.05) is 31.5 Å². The second kappa shape index (κ2) is 8.27. The number of aromatic nitrogens is 2. The normalized spacial score (nSPS) is 23.8. The first-order chi connectivity index (χ1) is 11.3.